The molecule has 0 aliphatic rings. The lowest BCUT2D eigenvalue weighted by molar-refractivity contribution is 0.0511. The Bertz CT molecular complexity index is 505. The smallest absolute Gasteiger partial charge is 0.188 e. The number of ether oxygens (including phenoxy) is 2. The summed E-state index contributed by atoms with van der Waals surface area (Å²) in [6.07, 6.45) is 0.904. The van der Waals surface area contributed by atoms with E-state index in [1.165, 1.54) is 0 Å². The van der Waals surface area contributed by atoms with Gasteiger partial charge in [0.2, 0.25) is 0 Å². The van der Waals surface area contributed by atoms with E-state index in [9.17, 15) is 0 Å². The van der Waals surface area contributed by atoms with Crippen molar-refractivity contribution < 1.29 is 9.47 Å². The first-order valence-electron chi connectivity index (χ1n) is 5.87. The number of hydrogen-bond acceptors (Lipinski definition) is 4. The molecule has 0 bridgehead atoms. The highest BCUT2D eigenvalue weighted by molar-refractivity contribution is 5.62. The zero-order valence-electron chi connectivity index (χ0n) is 10.9. The summed E-state index contributed by atoms with van der Waals surface area (Å²) in [6.45, 7) is 2.35. The number of rotatable bonds is 5. The normalized spacial score (nSPS) is 10.6. The Morgan fingerprint density at radius 1 is 1.22 bits per heavy atom. The highest BCUT2D eigenvalue weighted by atomic mass is 16.7. The lowest BCUT2D eigenvalue weighted by Gasteiger charge is -2.05. The van der Waals surface area contributed by atoms with Gasteiger partial charge in [-0.3, -0.25) is 4.68 Å². The van der Waals surface area contributed by atoms with Gasteiger partial charge in [-0.25, -0.2) is 0 Å². The van der Waals surface area contributed by atoms with Gasteiger partial charge in [0.05, 0.1) is 5.69 Å². The van der Waals surface area contributed by atoms with Crippen LogP contribution in [0.15, 0.2) is 24.3 Å². The molecule has 0 aliphatic carbocycles. The Labute approximate surface area is 106 Å². The van der Waals surface area contributed by atoms with Gasteiger partial charge in [-0.1, -0.05) is 12.1 Å². The maximum Gasteiger partial charge on any atom is 0.188 e. The molecule has 0 N–H and O–H groups in total. The predicted molar refractivity (Wildman–Crippen MR) is 68.3 cm³/mol. The van der Waals surface area contributed by atoms with Crippen molar-refractivity contribution in [2.24, 2.45) is 7.05 Å². The van der Waals surface area contributed by atoms with Crippen molar-refractivity contribution in [3.8, 4) is 17.0 Å². The molecule has 0 radical (unpaired) electrons. The maximum atomic E-state index is 5.34. The van der Waals surface area contributed by atoms with Crippen molar-refractivity contribution >= 4 is 0 Å². The van der Waals surface area contributed by atoms with Crippen LogP contribution in [0.4, 0.5) is 0 Å². The van der Waals surface area contributed by atoms with Crippen LogP contribution in [0, 0.1) is 0 Å². The van der Waals surface area contributed by atoms with Crippen LogP contribution in [0.2, 0.25) is 0 Å². The predicted octanol–water partition coefficient (Wildman–Crippen LogP) is 2.03. The monoisotopic (exact) mass is 247 g/mol. The first kappa shape index (κ1) is 12.6. The maximum absolute atomic E-state index is 5.34. The molecular weight excluding hydrogens is 230 g/mol. The van der Waals surface area contributed by atoms with E-state index in [1.54, 1.807) is 7.11 Å². The van der Waals surface area contributed by atoms with Crippen molar-refractivity contribution in [2.45, 2.75) is 13.3 Å². The molecule has 5 heteroatoms. The molecule has 2 aromatic rings. The summed E-state index contributed by atoms with van der Waals surface area (Å²) in [5, 5.41) is 8.25. The first-order chi connectivity index (χ1) is 8.76. The summed E-state index contributed by atoms with van der Waals surface area (Å²) in [7, 11) is 3.51. The van der Waals surface area contributed by atoms with Crippen molar-refractivity contribution in [3.63, 3.8) is 0 Å². The van der Waals surface area contributed by atoms with E-state index in [-0.39, 0.29) is 6.79 Å². The molecule has 5 nitrogen and oxygen atoms in total. The molecule has 1 heterocycles. The third-order valence-corrected chi connectivity index (χ3v) is 2.75. The Morgan fingerprint density at radius 2 is 1.94 bits per heavy atom. The standard InChI is InChI=1S/C13H17N3O2/c1-4-12-13(14-15-16(12)2)10-5-7-11(8-6-10)18-9-17-3/h5-8H,4,9H2,1-3H3. The van der Waals surface area contributed by atoms with E-state index in [2.05, 4.69) is 17.2 Å². The molecule has 0 unspecified atom stereocenters. The van der Waals surface area contributed by atoms with Crippen LogP contribution in [0.3, 0.4) is 0 Å². The van der Waals surface area contributed by atoms with Gasteiger partial charge in [-0.05, 0) is 30.7 Å². The fourth-order valence-corrected chi connectivity index (χ4v) is 1.83. The highest BCUT2D eigenvalue weighted by Gasteiger charge is 2.10. The van der Waals surface area contributed by atoms with Gasteiger partial charge in [0.1, 0.15) is 11.4 Å². The van der Waals surface area contributed by atoms with E-state index >= 15 is 0 Å². The molecule has 0 fully saturated rings. The number of nitrogens with zero attached hydrogens (tertiary/aromatic N) is 3. The minimum Gasteiger partial charge on any atom is -0.468 e. The number of aromatic nitrogens is 3. The average Bonchev–Trinajstić information content (AvgIpc) is 2.78. The molecule has 18 heavy (non-hydrogen) atoms. The number of hydrogen-bond donors (Lipinski definition) is 0. The number of benzene rings is 1. The van der Waals surface area contributed by atoms with Gasteiger partial charge in [0.25, 0.3) is 0 Å². The zero-order valence-corrected chi connectivity index (χ0v) is 10.9. The van der Waals surface area contributed by atoms with E-state index < -0.39 is 0 Å². The average molecular weight is 247 g/mol. The molecule has 0 amide bonds. The van der Waals surface area contributed by atoms with Gasteiger partial charge in [-0.2, -0.15) is 0 Å². The molecule has 2 rings (SSSR count). The molecule has 0 saturated carbocycles. The summed E-state index contributed by atoms with van der Waals surface area (Å²) in [5.41, 5.74) is 3.10. The van der Waals surface area contributed by atoms with Crippen LogP contribution >= 0.6 is 0 Å². The highest BCUT2D eigenvalue weighted by Crippen LogP contribution is 2.23. The second-order valence-electron chi connectivity index (χ2n) is 3.94. The quantitative estimate of drug-likeness (QED) is 0.758. The fourth-order valence-electron chi connectivity index (χ4n) is 1.83. The molecule has 0 aliphatic heterocycles. The summed E-state index contributed by atoms with van der Waals surface area (Å²) in [4.78, 5) is 0. The minimum absolute atomic E-state index is 0.255. The van der Waals surface area contributed by atoms with Crippen LogP contribution in [0.1, 0.15) is 12.6 Å². The fraction of sp³-hybridized carbons (Fsp3) is 0.385. The third-order valence-electron chi connectivity index (χ3n) is 2.75. The van der Waals surface area contributed by atoms with E-state index in [0.717, 1.165) is 29.1 Å². The molecule has 1 aromatic heterocycles. The molecule has 96 valence electrons. The van der Waals surface area contributed by atoms with Gasteiger partial charge >= 0.3 is 0 Å². The van der Waals surface area contributed by atoms with Crippen molar-refractivity contribution in [3.05, 3.63) is 30.0 Å². The van der Waals surface area contributed by atoms with Gasteiger partial charge in [0, 0.05) is 19.7 Å². The Kier molecular flexibility index (Phi) is 3.94. The SMILES string of the molecule is CCc1c(-c2ccc(OCOC)cc2)nnn1C. The van der Waals surface area contributed by atoms with Gasteiger partial charge in [-0.15, -0.1) is 5.10 Å². The second kappa shape index (κ2) is 5.64. The molecule has 1 aromatic carbocycles. The first-order valence-corrected chi connectivity index (χ1v) is 5.87. The van der Waals surface area contributed by atoms with Crippen LogP contribution in [-0.2, 0) is 18.2 Å². The van der Waals surface area contributed by atoms with E-state index in [0.29, 0.717) is 0 Å². The second-order valence-corrected chi connectivity index (χ2v) is 3.94. The van der Waals surface area contributed by atoms with Crippen LogP contribution in [-0.4, -0.2) is 28.9 Å². The van der Waals surface area contributed by atoms with E-state index in [4.69, 9.17) is 9.47 Å². The van der Waals surface area contributed by atoms with Crippen LogP contribution in [0.25, 0.3) is 11.3 Å². The Morgan fingerprint density at radius 3 is 2.56 bits per heavy atom. The molecular formula is C13H17N3O2. The molecule has 0 atom stereocenters. The Hall–Kier alpha value is -1.88. The van der Waals surface area contributed by atoms with Gasteiger partial charge in [0.15, 0.2) is 6.79 Å². The van der Waals surface area contributed by atoms with Crippen LogP contribution < -0.4 is 4.74 Å². The summed E-state index contributed by atoms with van der Waals surface area (Å²) < 4.78 is 12.0. The number of aryl methyl sites for hydroxylation is 1. The largest absolute Gasteiger partial charge is 0.468 e. The van der Waals surface area contributed by atoms with Crippen molar-refractivity contribution in [2.75, 3.05) is 13.9 Å². The molecule has 0 saturated heterocycles. The molecule has 0 spiro atoms. The van der Waals surface area contributed by atoms with E-state index in [1.807, 2.05) is 36.0 Å². The minimum atomic E-state index is 0.255. The number of methoxy groups -OCH3 is 1. The lowest BCUT2D eigenvalue weighted by Crippen LogP contribution is -1.99. The topological polar surface area (TPSA) is 49.2 Å². The summed E-state index contributed by atoms with van der Waals surface area (Å²) in [6, 6.07) is 7.77. The summed E-state index contributed by atoms with van der Waals surface area (Å²) >= 11 is 0. The zero-order chi connectivity index (χ0) is 13.0. The third kappa shape index (κ3) is 2.51. The Balaban J connectivity index is 2.23. The van der Waals surface area contributed by atoms with Crippen molar-refractivity contribution in [1.82, 2.24) is 15.0 Å². The lowest BCUT2D eigenvalue weighted by atomic mass is 10.1. The van der Waals surface area contributed by atoms with Crippen molar-refractivity contribution in [1.29, 1.82) is 0 Å². The van der Waals surface area contributed by atoms with Crippen LogP contribution in [0.5, 0.6) is 5.75 Å². The van der Waals surface area contributed by atoms with Gasteiger partial charge < -0.3 is 9.47 Å². The summed E-state index contributed by atoms with van der Waals surface area (Å²) in [5.74, 6) is 0.780.